The van der Waals surface area contributed by atoms with E-state index >= 15 is 0 Å². The topological polar surface area (TPSA) is 49.9 Å². The van der Waals surface area contributed by atoms with Crippen LogP contribution in [0.2, 0.25) is 0 Å². The molecular formula is C25H34N2O3. The lowest BCUT2D eigenvalue weighted by atomic mass is 9.91. The minimum absolute atomic E-state index is 0.0258. The summed E-state index contributed by atoms with van der Waals surface area (Å²) < 4.78 is 5.29. The van der Waals surface area contributed by atoms with Crippen LogP contribution in [0.25, 0.3) is 5.57 Å². The number of carbonyl (C=O) groups excluding carboxylic acids is 2. The Morgan fingerprint density at radius 1 is 0.867 bits per heavy atom. The molecular weight excluding hydrogens is 376 g/mol. The van der Waals surface area contributed by atoms with Crippen LogP contribution in [0.1, 0.15) is 64.4 Å². The van der Waals surface area contributed by atoms with Crippen molar-refractivity contribution >= 4 is 17.4 Å². The van der Waals surface area contributed by atoms with Crippen molar-refractivity contribution in [2.45, 2.75) is 64.8 Å². The molecule has 2 fully saturated rings. The number of nitrogens with zero attached hydrogens (tertiary/aromatic N) is 2. The standard InChI is InChI=1S/C25H34N2O3/c1-17-14-18(2)16-26(15-17)23-22(19-10-12-21(30-3)13-11-19)24(28)27(25(23)29)20-8-6-4-5-7-9-20/h10-13,17-18,20H,4-9,14-16H2,1-3H3. The normalized spacial score (nSPS) is 26.4. The molecule has 2 amide bonds. The minimum Gasteiger partial charge on any atom is -0.497 e. The molecule has 1 saturated carbocycles. The molecule has 2 aliphatic heterocycles. The number of imide groups is 1. The van der Waals surface area contributed by atoms with Crippen molar-refractivity contribution in [3.05, 3.63) is 35.5 Å². The van der Waals surface area contributed by atoms with E-state index in [0.717, 1.165) is 56.5 Å². The van der Waals surface area contributed by atoms with Crippen molar-refractivity contribution in [3.63, 3.8) is 0 Å². The van der Waals surface area contributed by atoms with E-state index in [1.807, 2.05) is 24.3 Å². The summed E-state index contributed by atoms with van der Waals surface area (Å²) in [6.45, 7) is 6.13. The number of carbonyl (C=O) groups is 2. The first-order valence-corrected chi connectivity index (χ1v) is 11.5. The average molecular weight is 411 g/mol. The van der Waals surface area contributed by atoms with Gasteiger partial charge in [-0.1, -0.05) is 51.7 Å². The molecule has 4 rings (SSSR count). The number of hydrogen-bond donors (Lipinski definition) is 0. The first-order chi connectivity index (χ1) is 14.5. The zero-order valence-corrected chi connectivity index (χ0v) is 18.5. The van der Waals surface area contributed by atoms with Crippen LogP contribution in [-0.2, 0) is 9.59 Å². The lowest BCUT2D eigenvalue weighted by Crippen LogP contribution is -2.44. The van der Waals surface area contributed by atoms with Crippen LogP contribution < -0.4 is 4.74 Å². The third-order valence-electron chi connectivity index (χ3n) is 6.84. The molecule has 1 aromatic carbocycles. The van der Waals surface area contributed by atoms with Crippen LogP contribution in [0.5, 0.6) is 5.75 Å². The van der Waals surface area contributed by atoms with E-state index in [0.29, 0.717) is 23.1 Å². The fraction of sp³-hybridized carbons (Fsp3) is 0.600. The van der Waals surface area contributed by atoms with Crippen LogP contribution in [0, 0.1) is 11.8 Å². The Bertz CT molecular complexity index is 811. The van der Waals surface area contributed by atoms with Gasteiger partial charge in [0.25, 0.3) is 11.8 Å². The molecule has 0 bridgehead atoms. The van der Waals surface area contributed by atoms with Gasteiger partial charge in [0.2, 0.25) is 0 Å². The molecule has 0 aromatic heterocycles. The van der Waals surface area contributed by atoms with Gasteiger partial charge in [0, 0.05) is 19.1 Å². The lowest BCUT2D eigenvalue weighted by molar-refractivity contribution is -0.140. The molecule has 1 saturated heterocycles. The third-order valence-corrected chi connectivity index (χ3v) is 6.84. The van der Waals surface area contributed by atoms with Crippen LogP contribution >= 0.6 is 0 Å². The molecule has 0 spiro atoms. The van der Waals surface area contributed by atoms with Gasteiger partial charge in [-0.3, -0.25) is 14.5 Å². The summed E-state index contributed by atoms with van der Waals surface area (Å²) >= 11 is 0. The van der Waals surface area contributed by atoms with Crippen LogP contribution in [-0.4, -0.2) is 47.9 Å². The maximum Gasteiger partial charge on any atom is 0.278 e. The number of ether oxygens (including phenoxy) is 1. The van der Waals surface area contributed by atoms with Gasteiger partial charge in [0.05, 0.1) is 12.7 Å². The Morgan fingerprint density at radius 2 is 1.47 bits per heavy atom. The molecule has 2 unspecified atom stereocenters. The van der Waals surface area contributed by atoms with E-state index < -0.39 is 0 Å². The van der Waals surface area contributed by atoms with Crippen molar-refractivity contribution in [1.29, 1.82) is 0 Å². The minimum atomic E-state index is -0.113. The summed E-state index contributed by atoms with van der Waals surface area (Å²) in [5.74, 6) is 1.57. The zero-order valence-electron chi connectivity index (χ0n) is 18.5. The van der Waals surface area contributed by atoms with Gasteiger partial charge in [-0.05, 0) is 48.8 Å². The van der Waals surface area contributed by atoms with Crippen molar-refractivity contribution < 1.29 is 14.3 Å². The number of amides is 2. The average Bonchev–Trinajstić information content (AvgIpc) is 2.89. The van der Waals surface area contributed by atoms with Gasteiger partial charge in [-0.25, -0.2) is 0 Å². The Morgan fingerprint density at radius 3 is 2.03 bits per heavy atom. The summed E-state index contributed by atoms with van der Waals surface area (Å²) in [5.41, 5.74) is 2.01. The Kier molecular flexibility index (Phi) is 6.16. The number of likely N-dealkylation sites (tertiary alicyclic amines) is 1. The highest BCUT2D eigenvalue weighted by Gasteiger charge is 2.45. The second kappa shape index (κ2) is 8.83. The molecule has 1 aromatic rings. The molecule has 2 atom stereocenters. The number of rotatable bonds is 4. The van der Waals surface area contributed by atoms with E-state index in [1.54, 1.807) is 12.0 Å². The van der Waals surface area contributed by atoms with E-state index in [2.05, 4.69) is 18.7 Å². The molecule has 162 valence electrons. The highest BCUT2D eigenvalue weighted by atomic mass is 16.5. The van der Waals surface area contributed by atoms with E-state index in [9.17, 15) is 9.59 Å². The largest absolute Gasteiger partial charge is 0.497 e. The Balaban J connectivity index is 1.75. The zero-order chi connectivity index (χ0) is 21.3. The lowest BCUT2D eigenvalue weighted by Gasteiger charge is -2.37. The van der Waals surface area contributed by atoms with Crippen molar-refractivity contribution in [2.75, 3.05) is 20.2 Å². The van der Waals surface area contributed by atoms with Gasteiger partial charge in [0.15, 0.2) is 0 Å². The van der Waals surface area contributed by atoms with Gasteiger partial charge in [0.1, 0.15) is 11.4 Å². The summed E-state index contributed by atoms with van der Waals surface area (Å²) in [7, 11) is 1.63. The number of piperidine rings is 1. The molecule has 0 N–H and O–H groups in total. The van der Waals surface area contributed by atoms with E-state index in [-0.39, 0.29) is 17.9 Å². The van der Waals surface area contributed by atoms with Gasteiger partial charge in [-0.15, -0.1) is 0 Å². The number of benzene rings is 1. The molecule has 5 nitrogen and oxygen atoms in total. The van der Waals surface area contributed by atoms with Crippen LogP contribution in [0.3, 0.4) is 0 Å². The maximum absolute atomic E-state index is 13.7. The van der Waals surface area contributed by atoms with Crippen molar-refractivity contribution in [3.8, 4) is 5.75 Å². The van der Waals surface area contributed by atoms with Crippen molar-refractivity contribution in [1.82, 2.24) is 9.80 Å². The second-order valence-corrected chi connectivity index (χ2v) is 9.43. The number of methoxy groups -OCH3 is 1. The summed E-state index contributed by atoms with van der Waals surface area (Å²) in [4.78, 5) is 31.2. The fourth-order valence-electron chi connectivity index (χ4n) is 5.54. The predicted molar refractivity (Wildman–Crippen MR) is 118 cm³/mol. The molecule has 0 radical (unpaired) electrons. The Hall–Kier alpha value is -2.30. The number of hydrogen-bond acceptors (Lipinski definition) is 4. The second-order valence-electron chi connectivity index (χ2n) is 9.43. The first kappa shape index (κ1) is 21.0. The van der Waals surface area contributed by atoms with Crippen molar-refractivity contribution in [2.24, 2.45) is 11.8 Å². The van der Waals surface area contributed by atoms with E-state index in [4.69, 9.17) is 4.74 Å². The third kappa shape index (κ3) is 3.99. The molecule has 2 heterocycles. The first-order valence-electron chi connectivity index (χ1n) is 11.5. The Labute approximate surface area is 180 Å². The van der Waals surface area contributed by atoms with Gasteiger partial charge in [-0.2, -0.15) is 0 Å². The monoisotopic (exact) mass is 410 g/mol. The molecule has 1 aliphatic carbocycles. The summed E-state index contributed by atoms with van der Waals surface area (Å²) in [6, 6.07) is 7.58. The van der Waals surface area contributed by atoms with E-state index in [1.165, 1.54) is 12.8 Å². The summed E-state index contributed by atoms with van der Waals surface area (Å²) in [5, 5.41) is 0. The van der Waals surface area contributed by atoms with Crippen LogP contribution in [0.4, 0.5) is 0 Å². The smallest absolute Gasteiger partial charge is 0.278 e. The highest BCUT2D eigenvalue weighted by molar-refractivity contribution is 6.35. The van der Waals surface area contributed by atoms with Gasteiger partial charge >= 0.3 is 0 Å². The SMILES string of the molecule is COc1ccc(C2=C(N3CC(C)CC(C)C3)C(=O)N(C3CCCCCC3)C2=O)cc1. The fourth-order valence-corrected chi connectivity index (χ4v) is 5.54. The van der Waals surface area contributed by atoms with Gasteiger partial charge < -0.3 is 9.64 Å². The molecule has 3 aliphatic rings. The van der Waals surface area contributed by atoms with Crippen LogP contribution in [0.15, 0.2) is 30.0 Å². The molecule has 5 heteroatoms. The maximum atomic E-state index is 13.7. The molecule has 30 heavy (non-hydrogen) atoms. The quantitative estimate of drug-likeness (QED) is 0.543. The predicted octanol–water partition coefficient (Wildman–Crippen LogP) is 4.48. The highest BCUT2D eigenvalue weighted by Crippen LogP contribution is 2.38. The summed E-state index contributed by atoms with van der Waals surface area (Å²) in [6.07, 6.45) is 7.58.